The number of carboxylic acids is 1. The third-order valence-electron chi connectivity index (χ3n) is 3.58. The minimum absolute atomic E-state index is 0.272. The normalized spacial score (nSPS) is 20.5. The standard InChI is InChI=1S/C14H17ClFNO2/c1-9-5-12(15)11(6-13(9)16)8-17-4-2-3-10(7-17)14(18)19/h5-6,10H,2-4,7-8H2,1H3,(H,18,19). The van der Waals surface area contributed by atoms with E-state index in [1.165, 1.54) is 6.07 Å². The Morgan fingerprint density at radius 2 is 2.32 bits per heavy atom. The van der Waals surface area contributed by atoms with Crippen LogP contribution in [0.2, 0.25) is 5.02 Å². The second kappa shape index (κ2) is 5.88. The highest BCUT2D eigenvalue weighted by atomic mass is 35.5. The summed E-state index contributed by atoms with van der Waals surface area (Å²) in [5.41, 5.74) is 1.24. The summed E-state index contributed by atoms with van der Waals surface area (Å²) in [7, 11) is 0. The molecule has 19 heavy (non-hydrogen) atoms. The number of rotatable bonds is 3. The summed E-state index contributed by atoms with van der Waals surface area (Å²) < 4.78 is 13.5. The first-order valence-corrected chi connectivity index (χ1v) is 6.75. The molecule has 0 aliphatic carbocycles. The largest absolute Gasteiger partial charge is 0.481 e. The van der Waals surface area contributed by atoms with Gasteiger partial charge in [0.1, 0.15) is 5.82 Å². The van der Waals surface area contributed by atoms with Crippen LogP contribution in [0.15, 0.2) is 12.1 Å². The van der Waals surface area contributed by atoms with E-state index in [0.29, 0.717) is 30.1 Å². The van der Waals surface area contributed by atoms with Gasteiger partial charge >= 0.3 is 5.97 Å². The number of hydrogen-bond donors (Lipinski definition) is 1. The molecular weight excluding hydrogens is 269 g/mol. The Bertz CT molecular complexity index is 493. The Balaban J connectivity index is 2.08. The van der Waals surface area contributed by atoms with Crippen LogP contribution in [-0.4, -0.2) is 29.1 Å². The van der Waals surface area contributed by atoms with E-state index >= 15 is 0 Å². The lowest BCUT2D eigenvalue weighted by molar-refractivity contribution is -0.143. The monoisotopic (exact) mass is 285 g/mol. The van der Waals surface area contributed by atoms with Crippen LogP contribution in [0, 0.1) is 18.7 Å². The lowest BCUT2D eigenvalue weighted by Crippen LogP contribution is -2.38. The van der Waals surface area contributed by atoms with E-state index in [9.17, 15) is 9.18 Å². The number of benzene rings is 1. The van der Waals surface area contributed by atoms with Crippen molar-refractivity contribution >= 4 is 17.6 Å². The molecule has 104 valence electrons. The average molecular weight is 286 g/mol. The van der Waals surface area contributed by atoms with E-state index in [4.69, 9.17) is 16.7 Å². The predicted octanol–water partition coefficient (Wildman–Crippen LogP) is 3.08. The molecule has 1 aliphatic rings. The Kier molecular flexibility index (Phi) is 4.42. The molecule has 1 aliphatic heterocycles. The van der Waals surface area contributed by atoms with Crippen molar-refractivity contribution in [2.45, 2.75) is 26.3 Å². The number of aryl methyl sites for hydroxylation is 1. The average Bonchev–Trinajstić information content (AvgIpc) is 2.36. The summed E-state index contributed by atoms with van der Waals surface area (Å²) in [5, 5.41) is 9.58. The van der Waals surface area contributed by atoms with E-state index in [-0.39, 0.29) is 11.7 Å². The van der Waals surface area contributed by atoms with Crippen LogP contribution in [0.25, 0.3) is 0 Å². The van der Waals surface area contributed by atoms with Gasteiger partial charge in [-0.05, 0) is 49.6 Å². The van der Waals surface area contributed by atoms with Gasteiger partial charge in [-0.2, -0.15) is 0 Å². The van der Waals surface area contributed by atoms with Crippen molar-refractivity contribution in [2.24, 2.45) is 5.92 Å². The van der Waals surface area contributed by atoms with E-state index in [1.54, 1.807) is 13.0 Å². The molecular formula is C14H17ClFNO2. The smallest absolute Gasteiger partial charge is 0.307 e. The fourth-order valence-corrected chi connectivity index (χ4v) is 2.73. The fourth-order valence-electron chi connectivity index (χ4n) is 2.45. The SMILES string of the molecule is Cc1cc(Cl)c(CN2CCCC(C(=O)O)C2)cc1F. The molecule has 1 N–H and O–H groups in total. The van der Waals surface area contributed by atoms with Crippen molar-refractivity contribution in [2.75, 3.05) is 13.1 Å². The Labute approximate surface area is 117 Å². The lowest BCUT2D eigenvalue weighted by Gasteiger charge is -2.30. The summed E-state index contributed by atoms with van der Waals surface area (Å²) in [6, 6.07) is 3.06. The summed E-state index contributed by atoms with van der Waals surface area (Å²) in [6.45, 7) is 3.50. The number of nitrogens with zero attached hydrogens (tertiary/aromatic N) is 1. The highest BCUT2D eigenvalue weighted by Gasteiger charge is 2.25. The first-order valence-electron chi connectivity index (χ1n) is 6.37. The maximum Gasteiger partial charge on any atom is 0.307 e. The van der Waals surface area contributed by atoms with E-state index in [0.717, 1.165) is 18.5 Å². The van der Waals surface area contributed by atoms with Gasteiger partial charge in [0.2, 0.25) is 0 Å². The molecule has 1 fully saturated rings. The number of likely N-dealkylation sites (tertiary alicyclic amines) is 1. The van der Waals surface area contributed by atoms with Crippen LogP contribution in [-0.2, 0) is 11.3 Å². The molecule has 1 aromatic carbocycles. The quantitative estimate of drug-likeness (QED) is 0.928. The maximum absolute atomic E-state index is 13.5. The number of piperidine rings is 1. The minimum Gasteiger partial charge on any atom is -0.481 e. The third kappa shape index (κ3) is 3.45. The molecule has 2 rings (SSSR count). The van der Waals surface area contributed by atoms with Crippen LogP contribution in [0.1, 0.15) is 24.0 Å². The molecule has 1 atom stereocenters. The summed E-state index contributed by atoms with van der Waals surface area (Å²) in [5.74, 6) is -1.36. The van der Waals surface area contributed by atoms with Crippen molar-refractivity contribution < 1.29 is 14.3 Å². The zero-order chi connectivity index (χ0) is 14.0. The molecule has 0 spiro atoms. The zero-order valence-corrected chi connectivity index (χ0v) is 11.6. The molecule has 0 bridgehead atoms. The van der Waals surface area contributed by atoms with E-state index < -0.39 is 5.97 Å². The van der Waals surface area contributed by atoms with Gasteiger partial charge in [-0.15, -0.1) is 0 Å². The van der Waals surface area contributed by atoms with Crippen LogP contribution < -0.4 is 0 Å². The first-order chi connectivity index (χ1) is 8.97. The zero-order valence-electron chi connectivity index (χ0n) is 10.8. The maximum atomic E-state index is 13.5. The molecule has 0 amide bonds. The Hall–Kier alpha value is -1.13. The number of hydrogen-bond acceptors (Lipinski definition) is 2. The third-order valence-corrected chi connectivity index (χ3v) is 3.93. The molecule has 1 saturated heterocycles. The fraction of sp³-hybridized carbons (Fsp3) is 0.500. The van der Waals surface area contributed by atoms with Gasteiger partial charge in [0.25, 0.3) is 0 Å². The summed E-state index contributed by atoms with van der Waals surface area (Å²) in [4.78, 5) is 13.0. The Morgan fingerprint density at radius 1 is 1.58 bits per heavy atom. The van der Waals surface area contributed by atoms with E-state index in [1.807, 2.05) is 4.90 Å². The molecule has 0 radical (unpaired) electrons. The number of aliphatic carboxylic acids is 1. The van der Waals surface area contributed by atoms with Crippen molar-refractivity contribution in [3.63, 3.8) is 0 Å². The summed E-state index contributed by atoms with van der Waals surface area (Å²) >= 11 is 6.11. The van der Waals surface area contributed by atoms with Gasteiger partial charge < -0.3 is 5.11 Å². The van der Waals surface area contributed by atoms with Crippen molar-refractivity contribution in [3.05, 3.63) is 34.1 Å². The second-order valence-corrected chi connectivity index (χ2v) is 5.51. The number of carboxylic acid groups (broad SMARTS) is 1. The molecule has 1 aromatic rings. The van der Waals surface area contributed by atoms with Gasteiger partial charge in [0.15, 0.2) is 0 Å². The predicted molar refractivity (Wildman–Crippen MR) is 71.8 cm³/mol. The molecule has 0 aromatic heterocycles. The topological polar surface area (TPSA) is 40.5 Å². The van der Waals surface area contributed by atoms with Crippen LogP contribution in [0.5, 0.6) is 0 Å². The van der Waals surface area contributed by atoms with Crippen LogP contribution in [0.3, 0.4) is 0 Å². The van der Waals surface area contributed by atoms with Gasteiger partial charge in [0.05, 0.1) is 5.92 Å². The highest BCUT2D eigenvalue weighted by Crippen LogP contribution is 2.24. The first kappa shape index (κ1) is 14.3. The molecule has 0 saturated carbocycles. The van der Waals surface area contributed by atoms with Crippen LogP contribution in [0.4, 0.5) is 4.39 Å². The van der Waals surface area contributed by atoms with Crippen molar-refractivity contribution in [1.82, 2.24) is 4.90 Å². The van der Waals surface area contributed by atoms with E-state index in [2.05, 4.69) is 0 Å². The number of halogens is 2. The highest BCUT2D eigenvalue weighted by molar-refractivity contribution is 6.31. The molecule has 1 unspecified atom stereocenters. The Morgan fingerprint density at radius 3 is 3.00 bits per heavy atom. The molecule has 5 heteroatoms. The minimum atomic E-state index is -0.758. The van der Waals surface area contributed by atoms with Gasteiger partial charge in [-0.1, -0.05) is 11.6 Å². The van der Waals surface area contributed by atoms with Gasteiger partial charge in [0, 0.05) is 18.1 Å². The summed E-state index contributed by atoms with van der Waals surface area (Å²) in [6.07, 6.45) is 1.56. The van der Waals surface area contributed by atoms with Crippen molar-refractivity contribution in [1.29, 1.82) is 0 Å². The number of carbonyl (C=O) groups is 1. The van der Waals surface area contributed by atoms with Gasteiger partial charge in [-0.3, -0.25) is 9.69 Å². The molecule has 1 heterocycles. The molecule has 3 nitrogen and oxygen atoms in total. The lowest BCUT2D eigenvalue weighted by atomic mass is 9.98. The van der Waals surface area contributed by atoms with Crippen LogP contribution >= 0.6 is 11.6 Å². The van der Waals surface area contributed by atoms with Gasteiger partial charge in [-0.25, -0.2) is 4.39 Å². The second-order valence-electron chi connectivity index (χ2n) is 5.11. The van der Waals surface area contributed by atoms with Crippen molar-refractivity contribution in [3.8, 4) is 0 Å².